The van der Waals surface area contributed by atoms with Gasteiger partial charge in [0.25, 0.3) is 0 Å². The van der Waals surface area contributed by atoms with Gasteiger partial charge >= 0.3 is 7.82 Å². The van der Waals surface area contributed by atoms with Crippen molar-refractivity contribution in [1.29, 1.82) is 0 Å². The Bertz CT molecular complexity index is 952. The number of hydrogen-bond acceptors (Lipinski definition) is 3. The Morgan fingerprint density at radius 3 is 2.33 bits per heavy atom. The van der Waals surface area contributed by atoms with Gasteiger partial charge in [-0.15, -0.1) is 0 Å². The first-order valence-corrected chi connectivity index (χ1v) is 15.1. The molecule has 8 heteroatoms. The van der Waals surface area contributed by atoms with Crippen LogP contribution < -0.4 is 5.32 Å². The highest BCUT2D eigenvalue weighted by Gasteiger charge is 2.21. The summed E-state index contributed by atoms with van der Waals surface area (Å²) >= 11 is 0. The Hall–Kier alpha value is -1.92. The molecule has 4 N–H and O–H groups in total. The van der Waals surface area contributed by atoms with Crippen molar-refractivity contribution in [3.05, 3.63) is 48.2 Å². The number of hydrogen-bond donors (Lipinski definition) is 4. The number of benzene rings is 1. The van der Waals surface area contributed by atoms with E-state index in [0.29, 0.717) is 12.8 Å². The molecule has 0 aliphatic heterocycles. The molecule has 0 spiro atoms. The number of phosphoric acid groups is 1. The van der Waals surface area contributed by atoms with Gasteiger partial charge in [0.2, 0.25) is 5.91 Å². The molecule has 0 saturated heterocycles. The van der Waals surface area contributed by atoms with Crippen molar-refractivity contribution in [3.63, 3.8) is 0 Å². The summed E-state index contributed by atoms with van der Waals surface area (Å²) in [5.41, 5.74) is 1.94. The lowest BCUT2D eigenvalue weighted by atomic mass is 10.0. The van der Waals surface area contributed by atoms with Crippen LogP contribution in [0.25, 0.3) is 10.9 Å². The van der Waals surface area contributed by atoms with Crippen LogP contribution in [0.4, 0.5) is 0 Å². The summed E-state index contributed by atoms with van der Waals surface area (Å²) in [4.78, 5) is 33.9. The molecule has 2 aromatic rings. The highest BCUT2D eigenvalue weighted by molar-refractivity contribution is 7.46. The maximum atomic E-state index is 12.5. The zero-order valence-electron chi connectivity index (χ0n) is 21.8. The van der Waals surface area contributed by atoms with E-state index in [1.54, 1.807) is 0 Å². The molecule has 1 amide bonds. The largest absolute Gasteiger partial charge is 0.469 e. The molecule has 7 nitrogen and oxygen atoms in total. The fraction of sp³-hybridized carbons (Fsp3) is 0.607. The van der Waals surface area contributed by atoms with E-state index >= 15 is 0 Å². The number of unbranched alkanes of at least 4 members (excludes halogenated alkanes) is 10. The van der Waals surface area contributed by atoms with Crippen molar-refractivity contribution in [3.8, 4) is 0 Å². The molecule has 202 valence electrons. The van der Waals surface area contributed by atoms with E-state index in [0.717, 1.165) is 48.6 Å². The minimum Gasteiger partial charge on any atom is -0.361 e. The van der Waals surface area contributed by atoms with Crippen LogP contribution in [-0.2, 0) is 20.3 Å². The van der Waals surface area contributed by atoms with Crippen molar-refractivity contribution in [2.75, 3.05) is 6.61 Å². The summed E-state index contributed by atoms with van der Waals surface area (Å²) in [5.74, 6) is -0.118. The molecule has 0 saturated carbocycles. The average molecular weight is 521 g/mol. The van der Waals surface area contributed by atoms with Gasteiger partial charge in [0.05, 0.1) is 12.6 Å². The number of aromatic nitrogens is 1. The first kappa shape index (κ1) is 30.3. The fourth-order valence-corrected chi connectivity index (χ4v) is 4.76. The quantitative estimate of drug-likeness (QED) is 0.0857. The second kappa shape index (κ2) is 17.5. The van der Waals surface area contributed by atoms with E-state index in [9.17, 15) is 9.36 Å². The van der Waals surface area contributed by atoms with E-state index < -0.39 is 13.9 Å². The third-order valence-electron chi connectivity index (χ3n) is 6.37. The van der Waals surface area contributed by atoms with Gasteiger partial charge in [-0.05, 0) is 50.2 Å². The van der Waals surface area contributed by atoms with E-state index in [4.69, 9.17) is 14.3 Å². The Kier molecular flexibility index (Phi) is 14.7. The highest BCUT2D eigenvalue weighted by Crippen LogP contribution is 2.36. The predicted molar refractivity (Wildman–Crippen MR) is 147 cm³/mol. The Morgan fingerprint density at radius 1 is 1.00 bits per heavy atom. The van der Waals surface area contributed by atoms with Crippen LogP contribution >= 0.6 is 7.82 Å². The molecule has 0 aliphatic rings. The lowest BCUT2D eigenvalue weighted by Gasteiger charge is -2.19. The highest BCUT2D eigenvalue weighted by atomic mass is 31.2. The summed E-state index contributed by atoms with van der Waals surface area (Å²) in [6.45, 7) is 2.00. The van der Waals surface area contributed by atoms with Crippen LogP contribution in [-0.4, -0.2) is 33.3 Å². The van der Waals surface area contributed by atoms with Crippen molar-refractivity contribution < 1.29 is 23.7 Å². The lowest BCUT2D eigenvalue weighted by molar-refractivity contribution is -0.122. The van der Waals surface area contributed by atoms with Gasteiger partial charge in [-0.1, -0.05) is 82.2 Å². The van der Waals surface area contributed by atoms with E-state index in [1.807, 2.05) is 30.5 Å². The van der Waals surface area contributed by atoms with Gasteiger partial charge in [0.15, 0.2) is 0 Å². The lowest BCUT2D eigenvalue weighted by Crippen LogP contribution is -2.39. The van der Waals surface area contributed by atoms with Crippen LogP contribution in [0.1, 0.15) is 96.0 Å². The molecule has 0 aliphatic carbocycles. The minimum atomic E-state index is -4.62. The topological polar surface area (TPSA) is 112 Å². The fourth-order valence-electron chi connectivity index (χ4n) is 4.38. The van der Waals surface area contributed by atoms with Gasteiger partial charge < -0.3 is 20.1 Å². The molecular weight excluding hydrogens is 475 g/mol. The van der Waals surface area contributed by atoms with E-state index in [2.05, 4.69) is 29.4 Å². The second-order valence-electron chi connectivity index (χ2n) is 9.60. The van der Waals surface area contributed by atoms with Gasteiger partial charge in [0, 0.05) is 23.5 Å². The Labute approximate surface area is 216 Å². The molecule has 36 heavy (non-hydrogen) atoms. The molecule has 0 radical (unpaired) electrons. The average Bonchev–Trinajstić information content (AvgIpc) is 3.25. The molecule has 0 bridgehead atoms. The summed E-state index contributed by atoms with van der Waals surface area (Å²) in [7, 11) is -4.62. The summed E-state index contributed by atoms with van der Waals surface area (Å²) in [6.07, 6.45) is 21.6. The monoisotopic (exact) mass is 520 g/mol. The van der Waals surface area contributed by atoms with Gasteiger partial charge in [-0.3, -0.25) is 9.32 Å². The maximum Gasteiger partial charge on any atom is 0.469 e. The Morgan fingerprint density at radius 2 is 1.64 bits per heavy atom. The second-order valence-corrected chi connectivity index (χ2v) is 10.8. The first-order chi connectivity index (χ1) is 17.4. The van der Waals surface area contributed by atoms with Gasteiger partial charge in [-0.2, -0.15) is 0 Å². The SMILES string of the molecule is CCCCCCCC/C=C\CCCCCCC(=O)N[C@@H](COP(=O)(O)O)Cc1c[nH]c2ccccc12. The van der Waals surface area contributed by atoms with Gasteiger partial charge in [0.1, 0.15) is 0 Å². The first-order valence-electron chi connectivity index (χ1n) is 13.6. The number of H-pyrrole nitrogens is 1. The standard InChI is InChI=1S/C28H45N2O5P/c1-2-3-4-5-6-7-8-9-10-11-12-13-14-15-20-28(31)30-25(23-35-36(32,33)34)21-24-22-29-27-19-17-16-18-26(24)27/h9-10,16-19,22,25,29H,2-8,11-15,20-21,23H2,1H3,(H,30,31)(H2,32,33,34)/b10-9-/t25-/m1/s1. The predicted octanol–water partition coefficient (Wildman–Crippen LogP) is 6.95. The third-order valence-corrected chi connectivity index (χ3v) is 6.85. The number of rotatable bonds is 20. The number of fused-ring (bicyclic) bond motifs is 1. The van der Waals surface area contributed by atoms with E-state index in [-0.39, 0.29) is 12.5 Å². The van der Waals surface area contributed by atoms with Crippen molar-refractivity contribution >= 4 is 24.6 Å². The molecule has 1 aromatic heterocycles. The number of carbonyl (C=O) groups excluding carboxylic acids is 1. The zero-order chi connectivity index (χ0) is 26.1. The molecule has 1 aromatic carbocycles. The van der Waals surface area contributed by atoms with Crippen LogP contribution in [0.3, 0.4) is 0 Å². The van der Waals surface area contributed by atoms with Crippen LogP contribution in [0, 0.1) is 0 Å². The van der Waals surface area contributed by atoms with Gasteiger partial charge in [-0.25, -0.2) is 4.57 Å². The Balaban J connectivity index is 1.63. The maximum absolute atomic E-state index is 12.5. The number of carbonyl (C=O) groups is 1. The number of amides is 1. The third kappa shape index (κ3) is 13.4. The normalized spacial score (nSPS) is 13.0. The van der Waals surface area contributed by atoms with E-state index in [1.165, 1.54) is 44.9 Å². The minimum absolute atomic E-state index is 0.118. The van der Waals surface area contributed by atoms with Crippen molar-refractivity contribution in [2.45, 2.75) is 103 Å². The molecule has 1 heterocycles. The molecule has 2 rings (SSSR count). The number of aromatic amines is 1. The zero-order valence-corrected chi connectivity index (χ0v) is 22.7. The van der Waals surface area contributed by atoms with Crippen molar-refractivity contribution in [2.24, 2.45) is 0 Å². The number of phosphoric ester groups is 1. The van der Waals surface area contributed by atoms with Crippen LogP contribution in [0.15, 0.2) is 42.6 Å². The molecule has 0 unspecified atom stereocenters. The summed E-state index contributed by atoms with van der Waals surface area (Å²) in [6, 6.07) is 7.29. The van der Waals surface area contributed by atoms with Crippen LogP contribution in [0.2, 0.25) is 0 Å². The molecular formula is C28H45N2O5P. The summed E-state index contributed by atoms with van der Waals surface area (Å²) < 4.78 is 15.9. The molecule has 0 fully saturated rings. The smallest absolute Gasteiger partial charge is 0.361 e. The van der Waals surface area contributed by atoms with Crippen LogP contribution in [0.5, 0.6) is 0 Å². The molecule has 1 atom stereocenters. The number of nitrogens with one attached hydrogen (secondary N) is 2. The summed E-state index contributed by atoms with van der Waals surface area (Å²) in [5, 5.41) is 3.93. The number of allylic oxidation sites excluding steroid dienone is 2. The number of para-hydroxylation sites is 1. The van der Waals surface area contributed by atoms with Crippen molar-refractivity contribution in [1.82, 2.24) is 10.3 Å².